The Hall–Kier alpha value is -0.590. The Morgan fingerprint density at radius 3 is 3.00 bits per heavy atom. The Labute approximate surface area is 48.4 Å². The van der Waals surface area contributed by atoms with Gasteiger partial charge in [0.1, 0.15) is 5.78 Å². The quantitative estimate of drug-likeness (QED) is 0.425. The van der Waals surface area contributed by atoms with Gasteiger partial charge in [-0.25, -0.2) is 0 Å². The van der Waals surface area contributed by atoms with E-state index in [0.29, 0.717) is 17.6 Å². The molecule has 2 atom stereocenters. The van der Waals surface area contributed by atoms with Crippen molar-refractivity contribution in [1.82, 2.24) is 0 Å². The van der Waals surface area contributed by atoms with Crippen LogP contribution in [0.4, 0.5) is 0 Å². The Kier molecular flexibility index (Phi) is 0.655. The summed E-state index contributed by atoms with van der Waals surface area (Å²) in [7, 11) is 0. The number of allylic oxidation sites excluding steroid dienone is 2. The first-order valence-electron chi connectivity index (χ1n) is 3.07. The van der Waals surface area contributed by atoms with E-state index < -0.39 is 0 Å². The van der Waals surface area contributed by atoms with Crippen molar-refractivity contribution in [2.75, 3.05) is 0 Å². The van der Waals surface area contributed by atoms with Crippen LogP contribution in [0.25, 0.3) is 0 Å². The second-order valence-electron chi connectivity index (χ2n) is 2.60. The Bertz CT molecular complexity index is 158. The summed E-state index contributed by atoms with van der Waals surface area (Å²) in [4.78, 5) is 10.7. The molecule has 0 aromatic carbocycles. The SMILES string of the molecule is O=C1C[C@H]2C=CCC12. The standard InChI is InChI=1S/C7H8O/c8-7-4-5-2-1-3-6(5)7/h1-2,5-6H,3-4H2/t5-,6?/m1/s1. The van der Waals surface area contributed by atoms with Crippen molar-refractivity contribution in [3.8, 4) is 0 Å². The van der Waals surface area contributed by atoms with Crippen LogP contribution in [0, 0.1) is 11.8 Å². The van der Waals surface area contributed by atoms with Gasteiger partial charge in [0.05, 0.1) is 0 Å². The van der Waals surface area contributed by atoms with Crippen LogP contribution in [-0.2, 0) is 4.79 Å². The fourth-order valence-electron chi connectivity index (χ4n) is 1.51. The third-order valence-electron chi connectivity index (χ3n) is 2.14. The summed E-state index contributed by atoms with van der Waals surface area (Å²) in [6.07, 6.45) is 6.14. The first-order chi connectivity index (χ1) is 3.88. The topological polar surface area (TPSA) is 17.1 Å². The summed E-state index contributed by atoms with van der Waals surface area (Å²) >= 11 is 0. The first-order valence-corrected chi connectivity index (χ1v) is 3.07. The van der Waals surface area contributed by atoms with Crippen molar-refractivity contribution >= 4 is 5.78 Å². The van der Waals surface area contributed by atoms with Crippen molar-refractivity contribution in [3.05, 3.63) is 12.2 Å². The van der Waals surface area contributed by atoms with Crippen LogP contribution in [-0.4, -0.2) is 5.78 Å². The van der Waals surface area contributed by atoms with Crippen LogP contribution in [0.15, 0.2) is 12.2 Å². The molecule has 42 valence electrons. The zero-order valence-electron chi connectivity index (χ0n) is 4.63. The third-order valence-corrected chi connectivity index (χ3v) is 2.14. The molecule has 2 rings (SSSR count). The molecule has 1 saturated carbocycles. The molecule has 0 aromatic rings. The lowest BCUT2D eigenvalue weighted by Crippen LogP contribution is -2.32. The van der Waals surface area contributed by atoms with Crippen molar-refractivity contribution in [2.24, 2.45) is 11.8 Å². The lowest BCUT2D eigenvalue weighted by molar-refractivity contribution is -0.131. The largest absolute Gasteiger partial charge is 0.299 e. The van der Waals surface area contributed by atoms with Gasteiger partial charge in [0.25, 0.3) is 0 Å². The Morgan fingerprint density at radius 2 is 2.50 bits per heavy atom. The van der Waals surface area contributed by atoms with E-state index in [9.17, 15) is 4.79 Å². The molecule has 2 aliphatic rings. The summed E-state index contributed by atoms with van der Waals surface area (Å²) in [6.45, 7) is 0. The summed E-state index contributed by atoms with van der Waals surface area (Å²) in [5, 5.41) is 0. The molecule has 0 aliphatic heterocycles. The van der Waals surface area contributed by atoms with Gasteiger partial charge in [-0.15, -0.1) is 0 Å². The lowest BCUT2D eigenvalue weighted by atomic mass is 9.75. The molecule has 1 nitrogen and oxygen atoms in total. The molecule has 1 unspecified atom stereocenters. The monoisotopic (exact) mass is 108 g/mol. The average Bonchev–Trinajstić information content (AvgIpc) is 2.09. The van der Waals surface area contributed by atoms with Gasteiger partial charge in [0, 0.05) is 12.3 Å². The van der Waals surface area contributed by atoms with E-state index in [0.717, 1.165) is 12.8 Å². The summed E-state index contributed by atoms with van der Waals surface area (Å²) in [6, 6.07) is 0. The van der Waals surface area contributed by atoms with Crippen molar-refractivity contribution in [1.29, 1.82) is 0 Å². The molecule has 8 heavy (non-hydrogen) atoms. The second-order valence-corrected chi connectivity index (χ2v) is 2.60. The highest BCUT2D eigenvalue weighted by Gasteiger charge is 2.39. The number of fused-ring (bicyclic) bond motifs is 1. The zero-order chi connectivity index (χ0) is 5.56. The van der Waals surface area contributed by atoms with E-state index in [2.05, 4.69) is 12.2 Å². The van der Waals surface area contributed by atoms with Gasteiger partial charge in [0.2, 0.25) is 0 Å². The Balaban J connectivity index is 2.19. The predicted molar refractivity (Wildman–Crippen MR) is 30.4 cm³/mol. The van der Waals surface area contributed by atoms with Crippen molar-refractivity contribution in [3.63, 3.8) is 0 Å². The number of rotatable bonds is 0. The predicted octanol–water partition coefficient (Wildman–Crippen LogP) is 1.15. The molecular weight excluding hydrogens is 100 g/mol. The third kappa shape index (κ3) is 0.347. The molecule has 0 bridgehead atoms. The first kappa shape index (κ1) is 4.30. The van der Waals surface area contributed by atoms with Crippen LogP contribution in [0.3, 0.4) is 0 Å². The molecule has 0 amide bonds. The second kappa shape index (κ2) is 1.22. The normalized spacial score (nSPS) is 41.8. The molecule has 2 aliphatic carbocycles. The molecule has 0 heterocycles. The van der Waals surface area contributed by atoms with E-state index in [1.165, 1.54) is 0 Å². The van der Waals surface area contributed by atoms with E-state index >= 15 is 0 Å². The van der Waals surface area contributed by atoms with Crippen LogP contribution in [0.2, 0.25) is 0 Å². The fourth-order valence-corrected chi connectivity index (χ4v) is 1.51. The molecule has 1 fully saturated rings. The highest BCUT2D eigenvalue weighted by Crippen LogP contribution is 2.38. The van der Waals surface area contributed by atoms with Crippen LogP contribution >= 0.6 is 0 Å². The van der Waals surface area contributed by atoms with Gasteiger partial charge in [-0.2, -0.15) is 0 Å². The molecule has 1 heteroatoms. The zero-order valence-corrected chi connectivity index (χ0v) is 4.63. The minimum atomic E-state index is 0.412. The highest BCUT2D eigenvalue weighted by atomic mass is 16.1. The van der Waals surface area contributed by atoms with E-state index in [-0.39, 0.29) is 0 Å². The minimum Gasteiger partial charge on any atom is -0.299 e. The van der Waals surface area contributed by atoms with Gasteiger partial charge < -0.3 is 0 Å². The summed E-state index contributed by atoms with van der Waals surface area (Å²) in [5.74, 6) is 1.53. The molecule has 0 saturated heterocycles. The van der Waals surface area contributed by atoms with Crippen LogP contribution in [0.5, 0.6) is 0 Å². The smallest absolute Gasteiger partial charge is 0.137 e. The maximum absolute atomic E-state index is 10.7. The maximum atomic E-state index is 10.7. The number of Topliss-reactive ketones (excluding diaryl/α,β-unsaturated/α-hetero) is 1. The summed E-state index contributed by atoms with van der Waals surface area (Å²) in [5.41, 5.74) is 0. The van der Waals surface area contributed by atoms with Crippen molar-refractivity contribution < 1.29 is 4.79 Å². The van der Waals surface area contributed by atoms with Gasteiger partial charge in [-0.3, -0.25) is 4.79 Å². The Morgan fingerprint density at radius 1 is 1.62 bits per heavy atom. The number of ketones is 1. The number of hydrogen-bond acceptors (Lipinski definition) is 1. The fraction of sp³-hybridized carbons (Fsp3) is 0.571. The van der Waals surface area contributed by atoms with Crippen LogP contribution in [0.1, 0.15) is 12.8 Å². The van der Waals surface area contributed by atoms with E-state index in [1.54, 1.807) is 0 Å². The maximum Gasteiger partial charge on any atom is 0.137 e. The molecule has 0 radical (unpaired) electrons. The molecular formula is C7H8O. The molecule has 0 aromatic heterocycles. The molecule has 0 N–H and O–H groups in total. The van der Waals surface area contributed by atoms with Crippen LogP contribution < -0.4 is 0 Å². The van der Waals surface area contributed by atoms with E-state index in [1.807, 2.05) is 0 Å². The van der Waals surface area contributed by atoms with Gasteiger partial charge in [-0.1, -0.05) is 12.2 Å². The average molecular weight is 108 g/mol. The number of hydrogen-bond donors (Lipinski definition) is 0. The highest BCUT2D eigenvalue weighted by molar-refractivity contribution is 5.88. The van der Waals surface area contributed by atoms with E-state index in [4.69, 9.17) is 0 Å². The lowest BCUT2D eigenvalue weighted by Gasteiger charge is -2.27. The number of carbonyl (C=O) groups is 1. The van der Waals surface area contributed by atoms with Crippen molar-refractivity contribution in [2.45, 2.75) is 12.8 Å². The number of carbonyl (C=O) groups excluding carboxylic acids is 1. The summed E-state index contributed by atoms with van der Waals surface area (Å²) < 4.78 is 0. The van der Waals surface area contributed by atoms with Gasteiger partial charge in [-0.05, 0) is 12.3 Å². The minimum absolute atomic E-state index is 0.412. The van der Waals surface area contributed by atoms with Gasteiger partial charge in [0.15, 0.2) is 0 Å². The molecule has 0 spiro atoms. The van der Waals surface area contributed by atoms with Gasteiger partial charge >= 0.3 is 0 Å².